The van der Waals surface area contributed by atoms with E-state index < -0.39 is 28.2 Å². The van der Waals surface area contributed by atoms with Crippen molar-refractivity contribution in [2.75, 3.05) is 17.2 Å². The Hall–Kier alpha value is -7.51. The number of hydrogen-bond donors (Lipinski definition) is 4. The van der Waals surface area contributed by atoms with Crippen molar-refractivity contribution in [1.29, 1.82) is 0 Å². The number of carbonyl (C=O) groups excluding carboxylic acids is 1. The summed E-state index contributed by atoms with van der Waals surface area (Å²) in [5.41, 5.74) is 4.42. The van der Waals surface area contributed by atoms with Crippen LogP contribution in [0.1, 0.15) is 49.3 Å². The number of benzene rings is 4. The van der Waals surface area contributed by atoms with Crippen molar-refractivity contribution >= 4 is 73.1 Å². The molecule has 4 N–H and O–H groups in total. The highest BCUT2D eigenvalue weighted by Crippen LogP contribution is 2.43. The van der Waals surface area contributed by atoms with E-state index in [0.29, 0.717) is 39.0 Å². The summed E-state index contributed by atoms with van der Waals surface area (Å²) in [4.78, 5) is 73.8. The van der Waals surface area contributed by atoms with Crippen LogP contribution in [0, 0.1) is 16.3 Å². The second-order valence-corrected chi connectivity index (χ2v) is 18.8. The summed E-state index contributed by atoms with van der Waals surface area (Å²) in [6.07, 6.45) is 5.57. The molecule has 2 aliphatic carbocycles. The van der Waals surface area contributed by atoms with Crippen LogP contribution >= 0.6 is 22.6 Å². The van der Waals surface area contributed by atoms with E-state index in [9.17, 15) is 24.0 Å². The van der Waals surface area contributed by atoms with Gasteiger partial charge in [0.25, 0.3) is 11.1 Å². The summed E-state index contributed by atoms with van der Waals surface area (Å²) < 4.78 is 21.2. The van der Waals surface area contributed by atoms with E-state index in [4.69, 9.17) is 4.98 Å². The fraction of sp³-hybridized carbons (Fsp3) is 0.196. The highest BCUT2D eigenvalue weighted by Gasteiger charge is 2.39. The van der Waals surface area contributed by atoms with Crippen molar-refractivity contribution in [2.45, 2.75) is 50.6 Å². The summed E-state index contributed by atoms with van der Waals surface area (Å²) >= 11 is 2.00. The quantitative estimate of drug-likeness (QED) is 0.0940. The number of halogens is 2. The standard InChI is InChI=1S/C51H42FIN10O5/c1-28-44-42(46(60(2)47(28)65)57-40-19-16-32(53)24-38(40)52)48(66)63(34-17-18-34)50(68)62(44)35-11-6-10-33(25-35)55-41(64)27-54-51(21-7-22-51)31-14-12-30(13-15-31)43-36(29-8-4-3-5-9-29)26-37-39(56-43)20-23-61-45(37)58-59-49(61)67/h3-6,8-16,19-20,23-26,34,54,57H,7,17-18,21-22,27H2,1-2H3,(H,55,64)(H,59,67). The van der Waals surface area contributed by atoms with Crippen LogP contribution in [-0.2, 0) is 17.4 Å². The Balaban J connectivity index is 0.880. The molecule has 5 heterocycles. The number of hydrogen-bond acceptors (Lipinski definition) is 9. The number of aromatic nitrogens is 7. The van der Waals surface area contributed by atoms with Crippen molar-refractivity contribution in [3.8, 4) is 28.1 Å². The number of pyridine rings is 3. The van der Waals surface area contributed by atoms with E-state index >= 15 is 4.39 Å². The minimum absolute atomic E-state index is 0.00414. The summed E-state index contributed by atoms with van der Waals surface area (Å²) in [5, 5.41) is 17.1. The zero-order chi connectivity index (χ0) is 47.0. The topological polar surface area (TPSA) is 182 Å². The molecule has 0 bridgehead atoms. The van der Waals surface area contributed by atoms with Crippen LogP contribution in [0.15, 0.2) is 135 Å². The Labute approximate surface area is 399 Å². The molecule has 68 heavy (non-hydrogen) atoms. The second kappa shape index (κ2) is 16.7. The lowest BCUT2D eigenvalue weighted by molar-refractivity contribution is -0.116. The highest BCUT2D eigenvalue weighted by molar-refractivity contribution is 14.1. The van der Waals surface area contributed by atoms with E-state index in [1.807, 2.05) is 65.1 Å². The lowest BCUT2D eigenvalue weighted by Gasteiger charge is -2.43. The van der Waals surface area contributed by atoms with Crippen LogP contribution in [0.3, 0.4) is 0 Å². The SMILES string of the molecule is Cc1c(=O)n(C)c(Nc2ccc(I)cc2F)c2c(=O)n(C3CC3)c(=O)n(-c3cccc(NC(=O)CNC4(c5ccc(-c6nc7ccn8c(=O)[nH]nc8c7cc6-c6ccccc6)cc5)CCC4)c3)c12. The molecule has 2 aliphatic rings. The van der Waals surface area contributed by atoms with E-state index in [0.717, 1.165) is 52.6 Å². The molecule has 2 saturated carbocycles. The first kappa shape index (κ1) is 43.1. The normalized spacial score (nSPS) is 14.4. The number of carbonyl (C=O) groups is 1. The van der Waals surface area contributed by atoms with Gasteiger partial charge in [0.15, 0.2) is 5.65 Å². The van der Waals surface area contributed by atoms with E-state index in [-0.39, 0.29) is 52.2 Å². The van der Waals surface area contributed by atoms with Gasteiger partial charge in [-0.25, -0.2) is 28.5 Å². The molecule has 0 radical (unpaired) electrons. The fourth-order valence-corrected chi connectivity index (χ4v) is 9.92. The summed E-state index contributed by atoms with van der Waals surface area (Å²) in [6, 6.07) is 33.0. The summed E-state index contributed by atoms with van der Waals surface area (Å²) in [7, 11) is 1.50. The van der Waals surface area contributed by atoms with E-state index in [2.05, 4.69) is 50.4 Å². The third-order valence-corrected chi connectivity index (χ3v) is 14.0. The molecule has 0 aliphatic heterocycles. The maximum atomic E-state index is 15.2. The molecule has 9 aromatic rings. The van der Waals surface area contributed by atoms with Crippen LogP contribution < -0.4 is 38.4 Å². The zero-order valence-corrected chi connectivity index (χ0v) is 38.9. The first-order chi connectivity index (χ1) is 32.9. The molecule has 0 atom stereocenters. The van der Waals surface area contributed by atoms with Gasteiger partial charge >= 0.3 is 11.4 Å². The Bertz CT molecular complexity index is 3800. The fourth-order valence-electron chi connectivity index (χ4n) is 9.47. The third kappa shape index (κ3) is 7.32. The molecule has 0 saturated heterocycles. The maximum absolute atomic E-state index is 15.2. The smallest absolute Gasteiger partial charge is 0.338 e. The monoisotopic (exact) mass is 1020 g/mol. The molecular weight excluding hydrogens is 979 g/mol. The average Bonchev–Trinajstić information content (AvgIpc) is 4.09. The first-order valence-corrected chi connectivity index (χ1v) is 23.3. The second-order valence-electron chi connectivity index (χ2n) is 17.5. The number of rotatable bonds is 11. The molecule has 15 nitrogen and oxygen atoms in total. The summed E-state index contributed by atoms with van der Waals surface area (Å²) in [5.74, 6) is -0.820. The molecule has 1 amide bonds. The largest absolute Gasteiger partial charge is 0.347 e. The average molecular weight is 1020 g/mol. The number of aryl methyl sites for hydroxylation is 1. The minimum atomic E-state index is -0.614. The van der Waals surface area contributed by atoms with Gasteiger partial charge in [-0.05, 0) is 121 Å². The highest BCUT2D eigenvalue weighted by atomic mass is 127. The lowest BCUT2D eigenvalue weighted by Crippen LogP contribution is -2.50. The van der Waals surface area contributed by atoms with Crippen molar-refractivity contribution in [3.05, 3.63) is 178 Å². The van der Waals surface area contributed by atoms with Crippen LogP contribution in [0.4, 0.5) is 21.6 Å². The van der Waals surface area contributed by atoms with Gasteiger partial charge in [0, 0.05) is 56.2 Å². The van der Waals surface area contributed by atoms with Crippen LogP contribution in [-0.4, -0.2) is 45.7 Å². The van der Waals surface area contributed by atoms with Gasteiger partial charge in [0.05, 0.1) is 34.6 Å². The zero-order valence-electron chi connectivity index (χ0n) is 36.8. The molecule has 11 rings (SSSR count). The number of amides is 1. The number of anilines is 3. The van der Waals surface area contributed by atoms with E-state index in [1.165, 1.54) is 37.3 Å². The Morgan fingerprint density at radius 2 is 1.68 bits per heavy atom. The first-order valence-electron chi connectivity index (χ1n) is 22.2. The molecule has 0 spiro atoms. The van der Waals surface area contributed by atoms with Gasteiger partial charge in [-0.15, -0.1) is 0 Å². The summed E-state index contributed by atoms with van der Waals surface area (Å²) in [6.45, 7) is 1.56. The molecule has 0 unspecified atom stereocenters. The Kier molecular flexibility index (Phi) is 10.6. The number of nitrogens with zero attached hydrogens (tertiary/aromatic N) is 6. The molecule has 5 aromatic heterocycles. The van der Waals surface area contributed by atoms with Gasteiger partial charge in [0.2, 0.25) is 5.91 Å². The number of aromatic amines is 1. The van der Waals surface area contributed by atoms with E-state index in [1.54, 1.807) is 43.5 Å². The Morgan fingerprint density at radius 3 is 2.40 bits per heavy atom. The number of nitrogens with one attached hydrogen (secondary N) is 4. The number of fused-ring (bicyclic) bond motifs is 4. The van der Waals surface area contributed by atoms with Crippen molar-refractivity contribution in [3.63, 3.8) is 0 Å². The van der Waals surface area contributed by atoms with Gasteiger partial charge in [0.1, 0.15) is 17.0 Å². The van der Waals surface area contributed by atoms with Gasteiger partial charge in [-0.3, -0.25) is 33.4 Å². The molecule has 2 fully saturated rings. The maximum Gasteiger partial charge on any atom is 0.347 e. The van der Waals surface area contributed by atoms with Crippen molar-refractivity contribution < 1.29 is 9.18 Å². The predicted molar refractivity (Wildman–Crippen MR) is 269 cm³/mol. The van der Waals surface area contributed by atoms with Crippen LogP contribution in [0.2, 0.25) is 0 Å². The van der Waals surface area contributed by atoms with Gasteiger partial charge < -0.3 is 10.6 Å². The predicted octanol–water partition coefficient (Wildman–Crippen LogP) is 7.81. The lowest BCUT2D eigenvalue weighted by atomic mass is 9.71. The van der Waals surface area contributed by atoms with Gasteiger partial charge in [-0.2, -0.15) is 5.10 Å². The van der Waals surface area contributed by atoms with Crippen molar-refractivity contribution in [2.24, 2.45) is 7.05 Å². The van der Waals surface area contributed by atoms with Gasteiger partial charge in [-0.1, -0.05) is 60.7 Å². The number of H-pyrrole nitrogens is 1. The molecule has 4 aromatic carbocycles. The van der Waals surface area contributed by atoms with Crippen LogP contribution in [0.5, 0.6) is 0 Å². The molecular formula is C51H42FIN10O5. The third-order valence-electron chi connectivity index (χ3n) is 13.3. The van der Waals surface area contributed by atoms with Crippen LogP contribution in [0.25, 0.3) is 55.5 Å². The van der Waals surface area contributed by atoms with Crippen molar-refractivity contribution in [1.82, 2.24) is 38.6 Å². The Morgan fingerprint density at radius 1 is 0.897 bits per heavy atom. The minimum Gasteiger partial charge on any atom is -0.338 e. The molecule has 17 heteroatoms. The molecule has 340 valence electrons.